The minimum atomic E-state index is -0.279. The zero-order valence-corrected chi connectivity index (χ0v) is 15.5. The highest BCUT2D eigenvalue weighted by molar-refractivity contribution is 7.21. The third-order valence-electron chi connectivity index (χ3n) is 3.77. The van der Waals surface area contributed by atoms with E-state index in [1.165, 1.54) is 18.4 Å². The fourth-order valence-electron chi connectivity index (χ4n) is 2.53. The molecule has 2 aromatic heterocycles. The summed E-state index contributed by atoms with van der Waals surface area (Å²) in [6.45, 7) is 2.10. The number of carbonyl (C=O) groups is 1. The van der Waals surface area contributed by atoms with Crippen molar-refractivity contribution in [2.75, 3.05) is 18.2 Å². The Bertz CT molecular complexity index is 939. The molecule has 0 aliphatic rings. The van der Waals surface area contributed by atoms with Gasteiger partial charge in [-0.05, 0) is 36.8 Å². The van der Waals surface area contributed by atoms with Crippen molar-refractivity contribution >= 4 is 50.4 Å². The summed E-state index contributed by atoms with van der Waals surface area (Å²) < 4.78 is 5.11. The van der Waals surface area contributed by atoms with Crippen LogP contribution in [0.2, 0.25) is 5.02 Å². The van der Waals surface area contributed by atoms with E-state index in [1.807, 2.05) is 12.1 Å². The number of nitrogens with one attached hydrogen (secondary N) is 1. The van der Waals surface area contributed by atoms with Crippen LogP contribution in [0.15, 0.2) is 30.3 Å². The summed E-state index contributed by atoms with van der Waals surface area (Å²) in [5, 5.41) is 4.05. The van der Waals surface area contributed by atoms with Gasteiger partial charge in [0.05, 0.1) is 17.8 Å². The fraction of sp³-hybridized carbons (Fsp3) is 0.222. The van der Waals surface area contributed by atoms with E-state index in [1.54, 1.807) is 18.2 Å². The molecule has 5 nitrogen and oxygen atoms in total. The first-order chi connectivity index (χ1) is 12.0. The van der Waals surface area contributed by atoms with E-state index in [9.17, 15) is 4.79 Å². The highest BCUT2D eigenvalue weighted by atomic mass is 35.5. The summed E-state index contributed by atoms with van der Waals surface area (Å²) in [7, 11) is 1.54. The zero-order chi connectivity index (χ0) is 18.0. The predicted molar refractivity (Wildman–Crippen MR) is 104 cm³/mol. The van der Waals surface area contributed by atoms with Gasteiger partial charge in [-0.3, -0.25) is 4.79 Å². The van der Waals surface area contributed by atoms with E-state index >= 15 is 0 Å². The Hall–Kier alpha value is -2.31. The van der Waals surface area contributed by atoms with E-state index in [2.05, 4.69) is 17.2 Å². The molecule has 0 radical (unpaired) electrons. The summed E-state index contributed by atoms with van der Waals surface area (Å²) in [5.74, 6) is 0.271. The van der Waals surface area contributed by atoms with Gasteiger partial charge >= 0.3 is 0 Å². The Morgan fingerprint density at radius 3 is 2.84 bits per heavy atom. The first kappa shape index (κ1) is 17.5. The van der Waals surface area contributed by atoms with E-state index in [0.29, 0.717) is 27.0 Å². The maximum atomic E-state index is 12.6. The molecule has 1 amide bonds. The third kappa shape index (κ3) is 3.55. The van der Waals surface area contributed by atoms with E-state index < -0.39 is 0 Å². The smallest absolute Gasteiger partial charge is 0.267 e. The molecule has 3 aromatic rings. The van der Waals surface area contributed by atoms with Gasteiger partial charge in [0.25, 0.3) is 5.91 Å². The minimum absolute atomic E-state index is 0.279. The van der Waals surface area contributed by atoms with Crippen LogP contribution in [-0.4, -0.2) is 18.0 Å². The molecule has 130 valence electrons. The van der Waals surface area contributed by atoms with Crippen molar-refractivity contribution in [1.82, 2.24) is 4.98 Å². The fourth-order valence-corrected chi connectivity index (χ4v) is 3.80. The summed E-state index contributed by atoms with van der Waals surface area (Å²) in [6.07, 6.45) is 1.92. The SMILES string of the molecule is CCCc1ccc2c(N)c(C(=O)Nc3ccc(OC)c(Cl)c3)sc2n1. The van der Waals surface area contributed by atoms with Gasteiger partial charge in [-0.1, -0.05) is 24.9 Å². The van der Waals surface area contributed by atoms with Gasteiger partial charge in [0.15, 0.2) is 0 Å². The molecule has 0 saturated heterocycles. The standard InChI is InChI=1S/C18H18ClN3O2S/c1-3-4-10-5-7-12-15(20)16(25-18(12)22-10)17(23)21-11-6-8-14(24-2)13(19)9-11/h5-9H,3-4,20H2,1-2H3,(H,21,23). The van der Waals surface area contributed by atoms with Crippen LogP contribution < -0.4 is 15.8 Å². The number of nitrogen functional groups attached to an aromatic ring is 1. The van der Waals surface area contributed by atoms with Crippen LogP contribution in [0.25, 0.3) is 10.2 Å². The van der Waals surface area contributed by atoms with Crippen LogP contribution in [0.1, 0.15) is 28.7 Å². The number of fused-ring (bicyclic) bond motifs is 1. The first-order valence-corrected chi connectivity index (χ1v) is 9.05. The molecule has 0 bridgehead atoms. The second kappa shape index (κ2) is 7.29. The van der Waals surface area contributed by atoms with E-state index in [0.717, 1.165) is 28.8 Å². The number of anilines is 2. The number of pyridine rings is 1. The van der Waals surface area contributed by atoms with Gasteiger partial charge in [0.2, 0.25) is 0 Å². The van der Waals surface area contributed by atoms with E-state index in [-0.39, 0.29) is 5.91 Å². The normalized spacial score (nSPS) is 10.8. The Balaban J connectivity index is 1.89. The number of nitrogens with two attached hydrogens (primary N) is 1. The average Bonchev–Trinajstić information content (AvgIpc) is 2.92. The largest absolute Gasteiger partial charge is 0.495 e. The van der Waals surface area contributed by atoms with E-state index in [4.69, 9.17) is 22.1 Å². The average molecular weight is 376 g/mol. The summed E-state index contributed by atoms with van der Waals surface area (Å²) >= 11 is 7.39. The van der Waals surface area contributed by atoms with Crippen LogP contribution in [0.4, 0.5) is 11.4 Å². The van der Waals surface area contributed by atoms with Crippen molar-refractivity contribution < 1.29 is 9.53 Å². The van der Waals surface area contributed by atoms with Crippen molar-refractivity contribution in [1.29, 1.82) is 0 Å². The van der Waals surface area contributed by atoms with Crippen LogP contribution in [0.3, 0.4) is 0 Å². The molecule has 25 heavy (non-hydrogen) atoms. The highest BCUT2D eigenvalue weighted by Gasteiger charge is 2.18. The van der Waals surface area contributed by atoms with Gasteiger partial charge in [-0.2, -0.15) is 0 Å². The lowest BCUT2D eigenvalue weighted by atomic mass is 10.2. The number of carbonyl (C=O) groups excluding carboxylic acids is 1. The molecule has 0 saturated carbocycles. The summed E-state index contributed by atoms with van der Waals surface area (Å²) in [5.41, 5.74) is 8.19. The van der Waals surface area contributed by atoms with Crippen LogP contribution in [-0.2, 0) is 6.42 Å². The van der Waals surface area contributed by atoms with Crippen LogP contribution >= 0.6 is 22.9 Å². The number of aryl methyl sites for hydroxylation is 1. The Labute approximate surface area is 154 Å². The number of benzene rings is 1. The molecule has 0 atom stereocenters. The minimum Gasteiger partial charge on any atom is -0.495 e. The van der Waals surface area contributed by atoms with Crippen molar-refractivity contribution in [3.8, 4) is 5.75 Å². The molecular weight excluding hydrogens is 358 g/mol. The van der Waals surface area contributed by atoms with Gasteiger partial charge in [0.1, 0.15) is 15.5 Å². The third-order valence-corrected chi connectivity index (χ3v) is 5.18. The molecule has 2 heterocycles. The monoisotopic (exact) mass is 375 g/mol. The topological polar surface area (TPSA) is 77.2 Å². The lowest BCUT2D eigenvalue weighted by Crippen LogP contribution is -2.11. The second-order valence-electron chi connectivity index (χ2n) is 5.55. The van der Waals surface area contributed by atoms with Crippen molar-refractivity contribution in [3.05, 3.63) is 45.9 Å². The number of aromatic nitrogens is 1. The number of hydrogen-bond donors (Lipinski definition) is 2. The number of hydrogen-bond acceptors (Lipinski definition) is 5. The van der Waals surface area contributed by atoms with Crippen molar-refractivity contribution in [3.63, 3.8) is 0 Å². The molecule has 3 rings (SSSR count). The Morgan fingerprint density at radius 2 is 2.16 bits per heavy atom. The first-order valence-electron chi connectivity index (χ1n) is 7.86. The lowest BCUT2D eigenvalue weighted by molar-refractivity contribution is 0.103. The molecule has 0 aliphatic carbocycles. The van der Waals surface area contributed by atoms with Crippen molar-refractivity contribution in [2.24, 2.45) is 0 Å². The molecule has 0 unspecified atom stereocenters. The number of halogens is 1. The van der Waals surface area contributed by atoms with Crippen LogP contribution in [0.5, 0.6) is 5.75 Å². The molecule has 0 fully saturated rings. The van der Waals surface area contributed by atoms with Gasteiger partial charge in [-0.15, -0.1) is 11.3 Å². The molecule has 1 aromatic carbocycles. The maximum absolute atomic E-state index is 12.6. The maximum Gasteiger partial charge on any atom is 0.267 e. The number of nitrogens with zero attached hydrogens (tertiary/aromatic N) is 1. The molecule has 0 spiro atoms. The van der Waals surface area contributed by atoms with Gasteiger partial charge < -0.3 is 15.8 Å². The lowest BCUT2D eigenvalue weighted by Gasteiger charge is -2.07. The number of amides is 1. The van der Waals surface area contributed by atoms with Gasteiger partial charge in [0, 0.05) is 16.8 Å². The molecule has 7 heteroatoms. The zero-order valence-electron chi connectivity index (χ0n) is 13.9. The Morgan fingerprint density at radius 1 is 1.36 bits per heavy atom. The summed E-state index contributed by atoms with van der Waals surface area (Å²) in [4.78, 5) is 18.4. The highest BCUT2D eigenvalue weighted by Crippen LogP contribution is 2.34. The molecular formula is C18H18ClN3O2S. The number of ether oxygens (including phenoxy) is 1. The van der Waals surface area contributed by atoms with Gasteiger partial charge in [-0.25, -0.2) is 4.98 Å². The summed E-state index contributed by atoms with van der Waals surface area (Å²) in [6, 6.07) is 8.95. The van der Waals surface area contributed by atoms with Crippen molar-refractivity contribution in [2.45, 2.75) is 19.8 Å². The quantitative estimate of drug-likeness (QED) is 0.674. The predicted octanol–water partition coefficient (Wildman–Crippen LogP) is 4.75. The molecule has 3 N–H and O–H groups in total. The number of rotatable bonds is 5. The number of methoxy groups -OCH3 is 1. The van der Waals surface area contributed by atoms with Crippen LogP contribution in [0, 0.1) is 0 Å². The second-order valence-corrected chi connectivity index (χ2v) is 6.96. The molecule has 0 aliphatic heterocycles. The number of thiophene rings is 1. The Kier molecular flexibility index (Phi) is 5.11.